The molecule has 1 aliphatic heterocycles. The van der Waals surface area contributed by atoms with Crippen molar-refractivity contribution in [3.63, 3.8) is 0 Å². The van der Waals surface area contributed by atoms with E-state index in [1.165, 1.54) is 22.2 Å². The number of rotatable bonds is 4. The molecular weight excluding hydrogens is 354 g/mol. The fraction of sp³-hybridized carbons (Fsp3) is 0.611. The molecule has 2 aromatic rings. The van der Waals surface area contributed by atoms with E-state index in [4.69, 9.17) is 15.0 Å². The van der Waals surface area contributed by atoms with Crippen LogP contribution in [0.2, 0.25) is 0 Å². The largest absolute Gasteiger partial charge is 0.376 e. The molecule has 0 aromatic carbocycles. The van der Waals surface area contributed by atoms with E-state index < -0.39 is 0 Å². The quantitative estimate of drug-likeness (QED) is 0.605. The summed E-state index contributed by atoms with van der Waals surface area (Å²) in [5, 5.41) is 10.4. The number of ether oxygens (including phenoxy) is 1. The lowest BCUT2D eigenvalue weighted by molar-refractivity contribution is 0.0937. The lowest BCUT2D eigenvalue weighted by Gasteiger charge is -2.18. The maximum Gasteiger partial charge on any atom is 0.263 e. The molecule has 2 aromatic heterocycles. The molecule has 0 amide bonds. The molecule has 0 saturated carbocycles. The molecule has 0 radical (unpaired) electrons. The Morgan fingerprint density at radius 3 is 3.12 bits per heavy atom. The molecule has 2 aliphatic rings. The number of aryl methyl sites for hydroxylation is 1. The normalized spacial score (nSPS) is 22.9. The number of nitriles is 1. The Labute approximate surface area is 155 Å². The van der Waals surface area contributed by atoms with Gasteiger partial charge in [0.1, 0.15) is 4.83 Å². The van der Waals surface area contributed by atoms with Gasteiger partial charge in [0.25, 0.3) is 5.56 Å². The second-order valence-corrected chi connectivity index (χ2v) is 8.95. The summed E-state index contributed by atoms with van der Waals surface area (Å²) < 4.78 is 7.49. The van der Waals surface area contributed by atoms with E-state index in [1.807, 2.05) is 0 Å². The Hall–Kier alpha value is -1.36. The number of thiophene rings is 1. The van der Waals surface area contributed by atoms with E-state index in [2.05, 4.69) is 13.0 Å². The average Bonchev–Trinajstić information content (AvgIpc) is 3.22. The van der Waals surface area contributed by atoms with E-state index in [9.17, 15) is 4.79 Å². The van der Waals surface area contributed by atoms with Crippen LogP contribution in [0.15, 0.2) is 9.95 Å². The Kier molecular flexibility index (Phi) is 4.85. The fourth-order valence-electron chi connectivity index (χ4n) is 3.76. The first kappa shape index (κ1) is 17.1. The number of hydrogen-bond donors (Lipinski definition) is 0. The smallest absolute Gasteiger partial charge is 0.263 e. The van der Waals surface area contributed by atoms with Crippen molar-refractivity contribution in [2.24, 2.45) is 5.92 Å². The van der Waals surface area contributed by atoms with Gasteiger partial charge in [-0.25, -0.2) is 4.98 Å². The summed E-state index contributed by atoms with van der Waals surface area (Å²) in [6, 6.07) is 2.14. The van der Waals surface area contributed by atoms with E-state index >= 15 is 0 Å². The van der Waals surface area contributed by atoms with Gasteiger partial charge in [-0.1, -0.05) is 18.7 Å². The third kappa shape index (κ3) is 3.23. The van der Waals surface area contributed by atoms with Crippen LogP contribution in [0, 0.1) is 17.2 Å². The fourth-order valence-corrected chi connectivity index (χ4v) is 5.86. The van der Waals surface area contributed by atoms with Gasteiger partial charge < -0.3 is 4.74 Å². The molecule has 5 nitrogen and oxygen atoms in total. The lowest BCUT2D eigenvalue weighted by atomic mass is 9.89. The highest BCUT2D eigenvalue weighted by molar-refractivity contribution is 7.99. The highest BCUT2D eigenvalue weighted by Gasteiger charge is 2.26. The molecule has 0 N–H and O–H groups in total. The first-order valence-corrected chi connectivity index (χ1v) is 10.6. The van der Waals surface area contributed by atoms with Gasteiger partial charge in [0.15, 0.2) is 5.16 Å². The number of hydrogen-bond acceptors (Lipinski definition) is 6. The minimum Gasteiger partial charge on any atom is -0.376 e. The summed E-state index contributed by atoms with van der Waals surface area (Å²) in [6.45, 7) is 3.57. The van der Waals surface area contributed by atoms with Gasteiger partial charge in [0.2, 0.25) is 0 Å². The highest BCUT2D eigenvalue weighted by Crippen LogP contribution is 2.36. The molecule has 0 bridgehead atoms. The van der Waals surface area contributed by atoms with Crippen LogP contribution in [0.4, 0.5) is 0 Å². The molecule has 25 heavy (non-hydrogen) atoms. The van der Waals surface area contributed by atoms with Crippen LogP contribution in [-0.4, -0.2) is 28.0 Å². The summed E-state index contributed by atoms with van der Waals surface area (Å²) in [5.74, 6) is 0.966. The zero-order valence-electron chi connectivity index (χ0n) is 14.3. The molecule has 1 fully saturated rings. The molecule has 1 aliphatic carbocycles. The van der Waals surface area contributed by atoms with E-state index in [-0.39, 0.29) is 11.7 Å². The molecule has 3 heterocycles. The standard InChI is InChI=1S/C18H21N3O2S2/c1-11-4-5-13-14(9-11)25-16-15(13)17(22)21(10-12-3-2-7-23-12)18(20-16)24-8-6-19/h11-12H,2-5,7-10H2,1H3/t11-,12-/m1/s1. The molecule has 132 valence electrons. The Bertz CT molecular complexity index is 890. The second kappa shape index (κ2) is 7.10. The van der Waals surface area contributed by atoms with E-state index in [0.717, 1.165) is 48.9 Å². The van der Waals surface area contributed by atoms with Gasteiger partial charge >= 0.3 is 0 Å². The van der Waals surface area contributed by atoms with Crippen LogP contribution in [0.5, 0.6) is 0 Å². The van der Waals surface area contributed by atoms with Crippen molar-refractivity contribution in [1.82, 2.24) is 9.55 Å². The van der Waals surface area contributed by atoms with Crippen molar-refractivity contribution < 1.29 is 4.74 Å². The van der Waals surface area contributed by atoms with Gasteiger partial charge in [0, 0.05) is 11.5 Å². The molecule has 4 rings (SSSR count). The van der Waals surface area contributed by atoms with Crippen molar-refractivity contribution in [1.29, 1.82) is 5.26 Å². The summed E-state index contributed by atoms with van der Waals surface area (Å²) in [5.41, 5.74) is 1.27. The Morgan fingerprint density at radius 1 is 1.48 bits per heavy atom. The van der Waals surface area contributed by atoms with Gasteiger partial charge in [-0.2, -0.15) is 5.26 Å². The zero-order valence-corrected chi connectivity index (χ0v) is 15.9. The van der Waals surface area contributed by atoms with Crippen molar-refractivity contribution in [3.05, 3.63) is 20.8 Å². The topological polar surface area (TPSA) is 67.9 Å². The zero-order chi connectivity index (χ0) is 17.4. The van der Waals surface area contributed by atoms with Gasteiger partial charge in [-0.3, -0.25) is 9.36 Å². The molecular formula is C18H21N3O2S2. The van der Waals surface area contributed by atoms with E-state index in [0.29, 0.717) is 23.4 Å². The summed E-state index contributed by atoms with van der Waals surface area (Å²) in [6.07, 6.45) is 5.25. The first-order chi connectivity index (χ1) is 12.2. The van der Waals surface area contributed by atoms with Crippen molar-refractivity contribution in [2.45, 2.75) is 56.8 Å². The maximum atomic E-state index is 13.3. The third-order valence-electron chi connectivity index (χ3n) is 5.06. The molecule has 2 atom stereocenters. The number of fused-ring (bicyclic) bond motifs is 3. The summed E-state index contributed by atoms with van der Waals surface area (Å²) in [7, 11) is 0. The maximum absolute atomic E-state index is 13.3. The van der Waals surface area contributed by atoms with Crippen LogP contribution in [0.1, 0.15) is 36.6 Å². The van der Waals surface area contributed by atoms with Crippen LogP contribution < -0.4 is 5.56 Å². The van der Waals surface area contributed by atoms with Crippen molar-refractivity contribution in [3.8, 4) is 6.07 Å². The molecule has 7 heteroatoms. The third-order valence-corrected chi connectivity index (χ3v) is 7.05. The van der Waals surface area contributed by atoms with Gasteiger partial charge in [0.05, 0.1) is 29.9 Å². The van der Waals surface area contributed by atoms with E-state index in [1.54, 1.807) is 15.9 Å². The lowest BCUT2D eigenvalue weighted by Crippen LogP contribution is -2.29. The summed E-state index contributed by atoms with van der Waals surface area (Å²) >= 11 is 3.01. The predicted molar refractivity (Wildman–Crippen MR) is 100 cm³/mol. The van der Waals surface area contributed by atoms with Gasteiger partial charge in [-0.05, 0) is 43.6 Å². The predicted octanol–water partition coefficient (Wildman–Crippen LogP) is 3.38. The van der Waals surface area contributed by atoms with Gasteiger partial charge in [-0.15, -0.1) is 11.3 Å². The minimum atomic E-state index is 0.0491. The Balaban J connectivity index is 1.83. The van der Waals surface area contributed by atoms with Crippen LogP contribution in [0.25, 0.3) is 10.2 Å². The minimum absolute atomic E-state index is 0.0491. The number of thioether (sulfide) groups is 1. The van der Waals surface area contributed by atoms with Crippen LogP contribution >= 0.6 is 23.1 Å². The number of nitrogens with zero attached hydrogens (tertiary/aromatic N) is 3. The first-order valence-electron chi connectivity index (χ1n) is 8.83. The highest BCUT2D eigenvalue weighted by atomic mass is 32.2. The molecule has 0 spiro atoms. The average molecular weight is 376 g/mol. The monoisotopic (exact) mass is 375 g/mol. The van der Waals surface area contributed by atoms with Crippen molar-refractivity contribution in [2.75, 3.05) is 12.4 Å². The molecule has 0 unspecified atom stereocenters. The molecule has 1 saturated heterocycles. The van der Waals surface area contributed by atoms with Crippen molar-refractivity contribution >= 4 is 33.3 Å². The SMILES string of the molecule is C[C@@H]1CCc2c(sc3nc(SCC#N)n(C[C@H]4CCCO4)c(=O)c23)C1. The van der Waals surface area contributed by atoms with Crippen LogP contribution in [-0.2, 0) is 24.1 Å². The van der Waals surface area contributed by atoms with Crippen LogP contribution in [0.3, 0.4) is 0 Å². The Morgan fingerprint density at radius 2 is 2.36 bits per heavy atom. The summed E-state index contributed by atoms with van der Waals surface area (Å²) in [4.78, 5) is 20.2. The second-order valence-electron chi connectivity index (χ2n) is 6.92. The number of aromatic nitrogens is 2.